The number of fused-ring (bicyclic) bond motifs is 1. The number of hydrogen-bond acceptors (Lipinski definition) is 0. The maximum Gasteiger partial charge on any atom is 0.0136 e. The molecule has 0 aliphatic heterocycles. The van der Waals surface area contributed by atoms with Gasteiger partial charge in [0, 0.05) is 5.92 Å². The van der Waals surface area contributed by atoms with Crippen molar-refractivity contribution in [1.29, 1.82) is 0 Å². The second-order valence-corrected chi connectivity index (χ2v) is 6.20. The molecule has 1 atom stereocenters. The van der Waals surface area contributed by atoms with E-state index in [0.29, 0.717) is 5.92 Å². The lowest BCUT2D eigenvalue weighted by molar-refractivity contribution is 0.874. The third kappa shape index (κ3) is 2.96. The Morgan fingerprint density at radius 2 is 1.42 bits per heavy atom. The zero-order chi connectivity index (χ0) is 16.2. The van der Waals surface area contributed by atoms with Gasteiger partial charge in [0.25, 0.3) is 0 Å². The van der Waals surface area contributed by atoms with E-state index < -0.39 is 0 Å². The van der Waals surface area contributed by atoms with Crippen LogP contribution < -0.4 is 0 Å². The van der Waals surface area contributed by atoms with E-state index in [1.54, 1.807) is 0 Å². The number of rotatable bonds is 3. The zero-order valence-corrected chi connectivity index (χ0v) is 13.6. The lowest BCUT2D eigenvalue weighted by atomic mass is 9.79. The molecule has 0 bridgehead atoms. The number of benzene rings is 3. The molecule has 0 heterocycles. The fraction of sp³-hybridized carbons (Fsp3) is 0.0833. The molecule has 1 aliphatic carbocycles. The Labute approximate surface area is 143 Å². The maximum absolute atomic E-state index is 2.34. The Bertz CT molecular complexity index is 870. The lowest BCUT2D eigenvalue weighted by Gasteiger charge is -2.25. The summed E-state index contributed by atoms with van der Waals surface area (Å²) in [5.41, 5.74) is 6.70. The third-order valence-corrected chi connectivity index (χ3v) is 4.64. The van der Waals surface area contributed by atoms with Crippen molar-refractivity contribution in [2.45, 2.75) is 12.3 Å². The van der Waals surface area contributed by atoms with Crippen molar-refractivity contribution in [3.63, 3.8) is 0 Å². The van der Waals surface area contributed by atoms with Crippen LogP contribution in [0.2, 0.25) is 0 Å². The van der Waals surface area contributed by atoms with Crippen molar-refractivity contribution in [3.8, 4) is 0 Å². The molecule has 4 rings (SSSR count). The number of hydrogen-bond donors (Lipinski definition) is 0. The molecule has 0 aromatic heterocycles. The first-order valence-corrected chi connectivity index (χ1v) is 8.49. The van der Waals surface area contributed by atoms with Crippen LogP contribution in [-0.4, -0.2) is 0 Å². The van der Waals surface area contributed by atoms with E-state index in [0.717, 1.165) is 6.42 Å². The predicted molar refractivity (Wildman–Crippen MR) is 104 cm³/mol. The summed E-state index contributed by atoms with van der Waals surface area (Å²) in [7, 11) is 0. The van der Waals surface area contributed by atoms with Gasteiger partial charge in [0.15, 0.2) is 0 Å². The van der Waals surface area contributed by atoms with Crippen LogP contribution in [0, 0.1) is 0 Å². The molecule has 0 N–H and O–H groups in total. The van der Waals surface area contributed by atoms with E-state index >= 15 is 0 Å². The van der Waals surface area contributed by atoms with Gasteiger partial charge < -0.3 is 0 Å². The molecule has 0 heteroatoms. The monoisotopic (exact) mass is 308 g/mol. The summed E-state index contributed by atoms with van der Waals surface area (Å²) >= 11 is 0. The highest BCUT2D eigenvalue weighted by Crippen LogP contribution is 2.40. The fourth-order valence-corrected chi connectivity index (χ4v) is 3.48. The highest BCUT2D eigenvalue weighted by Gasteiger charge is 2.21. The van der Waals surface area contributed by atoms with Gasteiger partial charge in [-0.15, -0.1) is 0 Å². The first-order chi connectivity index (χ1) is 11.9. The van der Waals surface area contributed by atoms with Crippen LogP contribution >= 0.6 is 0 Å². The van der Waals surface area contributed by atoms with Crippen LogP contribution in [0.15, 0.2) is 91.0 Å². The summed E-state index contributed by atoms with van der Waals surface area (Å²) in [6.45, 7) is 0. The zero-order valence-electron chi connectivity index (χ0n) is 13.6. The van der Waals surface area contributed by atoms with Crippen LogP contribution in [0.4, 0.5) is 0 Å². The van der Waals surface area contributed by atoms with E-state index in [2.05, 4.69) is 103 Å². The number of allylic oxidation sites excluding steroid dienone is 2. The van der Waals surface area contributed by atoms with E-state index in [-0.39, 0.29) is 0 Å². The van der Waals surface area contributed by atoms with E-state index in [4.69, 9.17) is 0 Å². The van der Waals surface area contributed by atoms with Gasteiger partial charge in [-0.05, 0) is 34.2 Å². The van der Waals surface area contributed by atoms with Crippen molar-refractivity contribution >= 4 is 17.7 Å². The molecule has 0 radical (unpaired) electrons. The Hall–Kier alpha value is -2.86. The standard InChI is InChI=1S/C24H20/c1-3-10-19(11-4-1)18-24(21-12-5-2-6-13-21)23-17-9-15-20-14-7-8-16-22(20)23/h1-16,18,23H,17H2. The molecule has 1 unspecified atom stereocenters. The van der Waals surface area contributed by atoms with Gasteiger partial charge in [0.2, 0.25) is 0 Å². The molecule has 0 nitrogen and oxygen atoms in total. The van der Waals surface area contributed by atoms with Crippen molar-refractivity contribution in [2.75, 3.05) is 0 Å². The van der Waals surface area contributed by atoms with Gasteiger partial charge in [0.05, 0.1) is 0 Å². The van der Waals surface area contributed by atoms with Crippen molar-refractivity contribution in [2.24, 2.45) is 0 Å². The lowest BCUT2D eigenvalue weighted by Crippen LogP contribution is -2.06. The molecular formula is C24H20. The van der Waals surface area contributed by atoms with Crippen LogP contribution in [0.5, 0.6) is 0 Å². The maximum atomic E-state index is 2.34. The minimum atomic E-state index is 0.397. The summed E-state index contributed by atoms with van der Waals surface area (Å²) in [6.07, 6.45) is 7.94. The Balaban J connectivity index is 1.85. The summed E-state index contributed by atoms with van der Waals surface area (Å²) in [6, 6.07) is 30.1. The van der Waals surface area contributed by atoms with Crippen LogP contribution in [0.25, 0.3) is 17.7 Å². The Morgan fingerprint density at radius 1 is 0.750 bits per heavy atom. The minimum Gasteiger partial charge on any atom is -0.0830 e. The molecule has 3 aromatic carbocycles. The highest BCUT2D eigenvalue weighted by molar-refractivity contribution is 5.86. The van der Waals surface area contributed by atoms with Gasteiger partial charge >= 0.3 is 0 Å². The van der Waals surface area contributed by atoms with Gasteiger partial charge in [0.1, 0.15) is 0 Å². The second kappa shape index (κ2) is 6.72. The van der Waals surface area contributed by atoms with Gasteiger partial charge in [-0.3, -0.25) is 0 Å². The molecule has 0 fully saturated rings. The largest absolute Gasteiger partial charge is 0.0830 e. The molecule has 3 aromatic rings. The molecule has 116 valence electrons. The average Bonchev–Trinajstić information content (AvgIpc) is 2.67. The third-order valence-electron chi connectivity index (χ3n) is 4.64. The highest BCUT2D eigenvalue weighted by atomic mass is 14.2. The van der Waals surface area contributed by atoms with Crippen LogP contribution in [0.1, 0.15) is 34.6 Å². The van der Waals surface area contributed by atoms with E-state index in [9.17, 15) is 0 Å². The topological polar surface area (TPSA) is 0 Å². The van der Waals surface area contributed by atoms with Crippen LogP contribution in [0.3, 0.4) is 0 Å². The summed E-state index contributed by atoms with van der Waals surface area (Å²) < 4.78 is 0. The molecule has 0 saturated carbocycles. The van der Waals surface area contributed by atoms with Crippen molar-refractivity contribution in [3.05, 3.63) is 113 Å². The molecule has 0 amide bonds. The van der Waals surface area contributed by atoms with E-state index in [1.165, 1.54) is 27.8 Å². The minimum absolute atomic E-state index is 0.397. The Morgan fingerprint density at radius 3 is 2.21 bits per heavy atom. The molecule has 24 heavy (non-hydrogen) atoms. The van der Waals surface area contributed by atoms with Gasteiger partial charge in [-0.1, -0.05) is 103 Å². The average molecular weight is 308 g/mol. The second-order valence-electron chi connectivity index (χ2n) is 6.20. The summed E-state index contributed by atoms with van der Waals surface area (Å²) in [5.74, 6) is 0.397. The molecular weight excluding hydrogens is 288 g/mol. The molecule has 0 saturated heterocycles. The fourth-order valence-electron chi connectivity index (χ4n) is 3.48. The molecule has 1 aliphatic rings. The van der Waals surface area contributed by atoms with Crippen LogP contribution in [-0.2, 0) is 0 Å². The molecule has 0 spiro atoms. The quantitative estimate of drug-likeness (QED) is 0.489. The smallest absolute Gasteiger partial charge is 0.0136 e. The van der Waals surface area contributed by atoms with E-state index in [1.807, 2.05) is 0 Å². The Kier molecular flexibility index (Phi) is 4.12. The van der Waals surface area contributed by atoms with Gasteiger partial charge in [-0.2, -0.15) is 0 Å². The van der Waals surface area contributed by atoms with Crippen molar-refractivity contribution < 1.29 is 0 Å². The van der Waals surface area contributed by atoms with Gasteiger partial charge in [-0.25, -0.2) is 0 Å². The first-order valence-electron chi connectivity index (χ1n) is 8.49. The first kappa shape index (κ1) is 14.7. The summed E-state index contributed by atoms with van der Waals surface area (Å²) in [5, 5.41) is 0. The normalized spacial score (nSPS) is 16.7. The SMILES string of the molecule is C1=Cc2ccccc2C(C(=Cc2ccccc2)c2ccccc2)C1. The predicted octanol–water partition coefficient (Wildman–Crippen LogP) is 6.43. The summed E-state index contributed by atoms with van der Waals surface area (Å²) in [4.78, 5) is 0. The van der Waals surface area contributed by atoms with Crippen molar-refractivity contribution in [1.82, 2.24) is 0 Å².